The largest absolute Gasteiger partial charge is 0.477 e. The summed E-state index contributed by atoms with van der Waals surface area (Å²) in [5, 5.41) is 6.08. The van der Waals surface area contributed by atoms with Crippen LogP contribution in [0.25, 0.3) is 0 Å². The standard InChI is InChI=1S/C13H18N2O2/c1-2-3-8-14-13(16)12-9-15-10-6-4-5-7-11(10)17-12/h4-7,12,15H,2-3,8-9H2,1H3,(H,14,16)/t12-/m1/s1. The summed E-state index contributed by atoms with van der Waals surface area (Å²) in [6.45, 7) is 3.34. The molecule has 0 saturated carbocycles. The highest BCUT2D eigenvalue weighted by Crippen LogP contribution is 2.28. The predicted octanol–water partition coefficient (Wildman–Crippen LogP) is 1.78. The molecule has 1 aromatic rings. The maximum absolute atomic E-state index is 11.8. The first-order valence-electron chi connectivity index (χ1n) is 6.08. The van der Waals surface area contributed by atoms with Crippen molar-refractivity contribution in [3.63, 3.8) is 0 Å². The van der Waals surface area contributed by atoms with Crippen molar-refractivity contribution in [3.8, 4) is 5.75 Å². The van der Waals surface area contributed by atoms with Gasteiger partial charge in [-0.25, -0.2) is 0 Å². The lowest BCUT2D eigenvalue weighted by Gasteiger charge is -2.26. The van der Waals surface area contributed by atoms with Gasteiger partial charge in [0.2, 0.25) is 0 Å². The summed E-state index contributed by atoms with van der Waals surface area (Å²) < 4.78 is 5.65. The highest BCUT2D eigenvalue weighted by atomic mass is 16.5. The number of unbranched alkanes of at least 4 members (excludes halogenated alkanes) is 1. The number of benzene rings is 1. The Labute approximate surface area is 101 Å². The molecule has 1 heterocycles. The van der Waals surface area contributed by atoms with E-state index in [1.165, 1.54) is 0 Å². The third-order valence-corrected chi connectivity index (χ3v) is 2.76. The average Bonchev–Trinajstić information content (AvgIpc) is 2.38. The lowest BCUT2D eigenvalue weighted by Crippen LogP contribution is -2.44. The molecule has 92 valence electrons. The van der Waals surface area contributed by atoms with E-state index in [-0.39, 0.29) is 5.91 Å². The van der Waals surface area contributed by atoms with Gasteiger partial charge in [0, 0.05) is 6.54 Å². The zero-order valence-corrected chi connectivity index (χ0v) is 10.0. The second-order valence-corrected chi connectivity index (χ2v) is 4.13. The van der Waals surface area contributed by atoms with Crippen molar-refractivity contribution in [2.24, 2.45) is 0 Å². The maximum atomic E-state index is 11.8. The Morgan fingerprint density at radius 3 is 3.18 bits per heavy atom. The van der Waals surface area contributed by atoms with E-state index in [1.807, 2.05) is 24.3 Å². The van der Waals surface area contributed by atoms with Crippen molar-refractivity contribution in [2.75, 3.05) is 18.4 Å². The first-order chi connectivity index (χ1) is 8.31. The SMILES string of the molecule is CCCCNC(=O)[C@H]1CNc2ccccc2O1. The van der Waals surface area contributed by atoms with E-state index in [0.29, 0.717) is 6.54 Å². The number of nitrogens with one attached hydrogen (secondary N) is 2. The van der Waals surface area contributed by atoms with Crippen LogP contribution in [0.2, 0.25) is 0 Å². The van der Waals surface area contributed by atoms with Gasteiger partial charge in [0.15, 0.2) is 6.10 Å². The Balaban J connectivity index is 1.91. The predicted molar refractivity (Wildman–Crippen MR) is 67.3 cm³/mol. The van der Waals surface area contributed by atoms with Gasteiger partial charge < -0.3 is 15.4 Å². The fraction of sp³-hybridized carbons (Fsp3) is 0.462. The van der Waals surface area contributed by atoms with E-state index >= 15 is 0 Å². The normalized spacial score (nSPS) is 17.6. The minimum Gasteiger partial charge on any atom is -0.477 e. The fourth-order valence-corrected chi connectivity index (χ4v) is 1.76. The van der Waals surface area contributed by atoms with Gasteiger partial charge in [0.1, 0.15) is 5.75 Å². The Kier molecular flexibility index (Phi) is 3.85. The third-order valence-electron chi connectivity index (χ3n) is 2.76. The number of carbonyl (C=O) groups excluding carboxylic acids is 1. The van der Waals surface area contributed by atoms with Crippen LogP contribution in [0.1, 0.15) is 19.8 Å². The van der Waals surface area contributed by atoms with Crippen LogP contribution in [0.3, 0.4) is 0 Å². The van der Waals surface area contributed by atoms with E-state index in [9.17, 15) is 4.79 Å². The van der Waals surface area contributed by atoms with Crippen molar-refractivity contribution in [3.05, 3.63) is 24.3 Å². The number of hydrogen-bond donors (Lipinski definition) is 2. The molecule has 1 aliphatic rings. The molecule has 0 saturated heterocycles. The molecule has 0 unspecified atom stereocenters. The first-order valence-corrected chi connectivity index (χ1v) is 6.08. The fourth-order valence-electron chi connectivity index (χ4n) is 1.76. The number of rotatable bonds is 4. The molecule has 2 N–H and O–H groups in total. The van der Waals surface area contributed by atoms with Crippen molar-refractivity contribution in [1.29, 1.82) is 0 Å². The maximum Gasteiger partial charge on any atom is 0.262 e. The molecule has 2 rings (SSSR count). The smallest absolute Gasteiger partial charge is 0.262 e. The van der Waals surface area contributed by atoms with Gasteiger partial charge in [-0.1, -0.05) is 25.5 Å². The van der Waals surface area contributed by atoms with Crippen molar-refractivity contribution in [2.45, 2.75) is 25.9 Å². The van der Waals surface area contributed by atoms with Gasteiger partial charge in [0.25, 0.3) is 5.91 Å². The number of amides is 1. The van der Waals surface area contributed by atoms with Crippen molar-refractivity contribution < 1.29 is 9.53 Å². The Morgan fingerprint density at radius 1 is 1.53 bits per heavy atom. The van der Waals surface area contributed by atoms with Gasteiger partial charge in [-0.2, -0.15) is 0 Å². The van der Waals surface area contributed by atoms with Crippen LogP contribution >= 0.6 is 0 Å². The van der Waals surface area contributed by atoms with Crippen LogP contribution in [0, 0.1) is 0 Å². The second kappa shape index (κ2) is 5.57. The van der Waals surface area contributed by atoms with Crippen LogP contribution in [0.4, 0.5) is 5.69 Å². The molecule has 0 aliphatic carbocycles. The monoisotopic (exact) mass is 234 g/mol. The van der Waals surface area contributed by atoms with Gasteiger partial charge in [-0.05, 0) is 18.6 Å². The van der Waals surface area contributed by atoms with Gasteiger partial charge >= 0.3 is 0 Å². The Morgan fingerprint density at radius 2 is 2.35 bits per heavy atom. The highest BCUT2D eigenvalue weighted by Gasteiger charge is 2.24. The number of fused-ring (bicyclic) bond motifs is 1. The number of hydrogen-bond acceptors (Lipinski definition) is 3. The Hall–Kier alpha value is -1.71. The second-order valence-electron chi connectivity index (χ2n) is 4.13. The molecule has 1 atom stereocenters. The van der Waals surface area contributed by atoms with Crippen LogP contribution in [-0.2, 0) is 4.79 Å². The van der Waals surface area contributed by atoms with Crippen molar-refractivity contribution in [1.82, 2.24) is 5.32 Å². The third kappa shape index (κ3) is 2.90. The van der Waals surface area contributed by atoms with E-state index in [2.05, 4.69) is 17.6 Å². The summed E-state index contributed by atoms with van der Waals surface area (Å²) in [4.78, 5) is 11.8. The summed E-state index contributed by atoms with van der Waals surface area (Å²) >= 11 is 0. The van der Waals surface area contributed by atoms with E-state index in [4.69, 9.17) is 4.74 Å². The summed E-state index contributed by atoms with van der Waals surface area (Å²) in [5.41, 5.74) is 0.949. The number of para-hydroxylation sites is 2. The molecule has 17 heavy (non-hydrogen) atoms. The first kappa shape index (κ1) is 11.8. The van der Waals surface area contributed by atoms with Crippen LogP contribution in [0.5, 0.6) is 5.75 Å². The van der Waals surface area contributed by atoms with Gasteiger partial charge in [-0.3, -0.25) is 4.79 Å². The molecule has 1 aromatic carbocycles. The van der Waals surface area contributed by atoms with Gasteiger partial charge in [0.05, 0.1) is 12.2 Å². The molecule has 0 spiro atoms. The minimum atomic E-state index is -0.429. The molecule has 1 aliphatic heterocycles. The molecule has 0 radical (unpaired) electrons. The topological polar surface area (TPSA) is 50.4 Å². The zero-order chi connectivity index (χ0) is 12.1. The molecular weight excluding hydrogens is 216 g/mol. The molecule has 4 nitrogen and oxygen atoms in total. The molecule has 0 aromatic heterocycles. The number of carbonyl (C=O) groups is 1. The minimum absolute atomic E-state index is 0.0412. The lowest BCUT2D eigenvalue weighted by atomic mass is 10.2. The van der Waals surface area contributed by atoms with Crippen LogP contribution < -0.4 is 15.4 Å². The summed E-state index contributed by atoms with van der Waals surface area (Å²) in [7, 11) is 0. The Bertz CT molecular complexity index is 393. The number of anilines is 1. The summed E-state index contributed by atoms with van der Waals surface area (Å²) in [6, 6.07) is 7.66. The number of ether oxygens (including phenoxy) is 1. The molecule has 4 heteroatoms. The van der Waals surface area contributed by atoms with Crippen molar-refractivity contribution >= 4 is 11.6 Å². The highest BCUT2D eigenvalue weighted by molar-refractivity contribution is 5.83. The van der Waals surface area contributed by atoms with Crippen LogP contribution in [-0.4, -0.2) is 25.1 Å². The van der Waals surface area contributed by atoms with Crippen LogP contribution in [0.15, 0.2) is 24.3 Å². The summed E-state index contributed by atoms with van der Waals surface area (Å²) in [5.74, 6) is 0.704. The van der Waals surface area contributed by atoms with E-state index < -0.39 is 6.10 Å². The summed E-state index contributed by atoms with van der Waals surface area (Å²) in [6.07, 6.45) is 1.65. The van der Waals surface area contributed by atoms with Gasteiger partial charge in [-0.15, -0.1) is 0 Å². The van der Waals surface area contributed by atoms with E-state index in [0.717, 1.165) is 30.8 Å². The quantitative estimate of drug-likeness (QED) is 0.781. The lowest BCUT2D eigenvalue weighted by molar-refractivity contribution is -0.127. The molecule has 1 amide bonds. The average molecular weight is 234 g/mol. The molecular formula is C13H18N2O2. The molecule has 0 fully saturated rings. The van der Waals surface area contributed by atoms with E-state index in [1.54, 1.807) is 0 Å². The molecule has 0 bridgehead atoms. The zero-order valence-electron chi connectivity index (χ0n) is 10.0.